The van der Waals surface area contributed by atoms with E-state index in [-0.39, 0.29) is 11.8 Å². The Hall–Kier alpha value is -2.35. The van der Waals surface area contributed by atoms with Crippen LogP contribution in [0.25, 0.3) is 0 Å². The minimum absolute atomic E-state index is 0.155. The van der Waals surface area contributed by atoms with Gasteiger partial charge in [0.05, 0.1) is 13.2 Å². The zero-order chi connectivity index (χ0) is 18.6. The van der Waals surface area contributed by atoms with E-state index in [0.717, 1.165) is 24.9 Å². The van der Waals surface area contributed by atoms with Crippen LogP contribution in [0.3, 0.4) is 0 Å². The molecule has 1 aliphatic rings. The Balaban J connectivity index is 1.82. The lowest BCUT2D eigenvalue weighted by atomic mass is 10.3. The smallest absolute Gasteiger partial charge is 0.223 e. The molecule has 1 fully saturated rings. The number of carbonyl (C=O) groups is 1. The maximum atomic E-state index is 11.6. The number of ether oxygens (including phenoxy) is 2. The molecule has 8 heteroatoms. The molecule has 0 unspecified atom stereocenters. The van der Waals surface area contributed by atoms with Crippen molar-refractivity contribution in [3.8, 4) is 5.88 Å². The molecule has 0 atom stereocenters. The summed E-state index contributed by atoms with van der Waals surface area (Å²) in [6.45, 7) is 5.37. The third-order valence-corrected chi connectivity index (χ3v) is 3.79. The number of pyridine rings is 1. The van der Waals surface area contributed by atoms with E-state index >= 15 is 0 Å². The first-order chi connectivity index (χ1) is 12.7. The summed E-state index contributed by atoms with van der Waals surface area (Å²) in [5.41, 5.74) is 0.905. The van der Waals surface area contributed by atoms with Crippen molar-refractivity contribution in [2.24, 2.45) is 10.9 Å². The lowest BCUT2D eigenvalue weighted by molar-refractivity contribution is -0.122. The first-order valence-electron chi connectivity index (χ1n) is 9.10. The summed E-state index contributed by atoms with van der Waals surface area (Å²) in [6, 6.07) is 3.81. The molecule has 8 nitrogen and oxygen atoms in total. The average Bonchev–Trinajstić information content (AvgIpc) is 3.49. The maximum Gasteiger partial charge on any atom is 0.223 e. The first-order valence-corrected chi connectivity index (χ1v) is 9.10. The fraction of sp³-hybridized carbons (Fsp3) is 0.611. The van der Waals surface area contributed by atoms with E-state index in [2.05, 4.69) is 25.9 Å². The molecule has 0 saturated heterocycles. The van der Waals surface area contributed by atoms with Gasteiger partial charge in [0.25, 0.3) is 0 Å². The molecule has 0 bridgehead atoms. The van der Waals surface area contributed by atoms with Gasteiger partial charge in [-0.1, -0.05) is 6.07 Å². The van der Waals surface area contributed by atoms with Crippen molar-refractivity contribution in [2.45, 2.75) is 26.3 Å². The molecule has 0 aliphatic heterocycles. The molecule has 26 heavy (non-hydrogen) atoms. The largest absolute Gasteiger partial charge is 0.475 e. The van der Waals surface area contributed by atoms with Crippen molar-refractivity contribution in [2.75, 3.05) is 40.0 Å². The number of hydrogen-bond donors (Lipinski definition) is 3. The number of hydrogen-bond acceptors (Lipinski definition) is 5. The van der Waals surface area contributed by atoms with Gasteiger partial charge >= 0.3 is 0 Å². The van der Waals surface area contributed by atoms with Crippen LogP contribution in [-0.2, 0) is 16.1 Å². The zero-order valence-electron chi connectivity index (χ0n) is 15.6. The Morgan fingerprint density at radius 3 is 2.81 bits per heavy atom. The lowest BCUT2D eigenvalue weighted by Crippen LogP contribution is -2.41. The van der Waals surface area contributed by atoms with Gasteiger partial charge in [0.2, 0.25) is 11.8 Å². The molecule has 2 rings (SSSR count). The van der Waals surface area contributed by atoms with Crippen molar-refractivity contribution in [3.63, 3.8) is 0 Å². The second-order valence-corrected chi connectivity index (χ2v) is 6.00. The molecule has 1 aromatic rings. The number of guanidine groups is 1. The highest BCUT2D eigenvalue weighted by Crippen LogP contribution is 2.28. The fourth-order valence-electron chi connectivity index (χ4n) is 2.26. The Morgan fingerprint density at radius 2 is 2.08 bits per heavy atom. The molecule has 144 valence electrons. The van der Waals surface area contributed by atoms with Crippen molar-refractivity contribution < 1.29 is 14.3 Å². The second-order valence-electron chi connectivity index (χ2n) is 6.00. The summed E-state index contributed by atoms with van der Waals surface area (Å²) < 4.78 is 10.6. The molecule has 3 N–H and O–H groups in total. The van der Waals surface area contributed by atoms with Crippen LogP contribution in [0.15, 0.2) is 23.3 Å². The third kappa shape index (κ3) is 7.26. The number of amides is 1. The fourth-order valence-corrected chi connectivity index (χ4v) is 2.26. The number of methoxy groups -OCH3 is 1. The molecule has 1 saturated carbocycles. The highest BCUT2D eigenvalue weighted by atomic mass is 16.5. The van der Waals surface area contributed by atoms with Crippen molar-refractivity contribution in [1.82, 2.24) is 20.9 Å². The van der Waals surface area contributed by atoms with Crippen LogP contribution in [-0.4, -0.2) is 56.8 Å². The minimum Gasteiger partial charge on any atom is -0.475 e. The minimum atomic E-state index is 0.155. The Morgan fingerprint density at radius 1 is 1.27 bits per heavy atom. The highest BCUT2D eigenvalue weighted by molar-refractivity contribution is 5.81. The van der Waals surface area contributed by atoms with E-state index in [1.54, 1.807) is 13.3 Å². The van der Waals surface area contributed by atoms with Gasteiger partial charge in [-0.15, -0.1) is 0 Å². The van der Waals surface area contributed by atoms with Crippen molar-refractivity contribution in [3.05, 3.63) is 23.9 Å². The molecule has 0 aromatic carbocycles. The predicted molar refractivity (Wildman–Crippen MR) is 100 cm³/mol. The summed E-state index contributed by atoms with van der Waals surface area (Å²) in [7, 11) is 1.63. The van der Waals surface area contributed by atoms with Crippen molar-refractivity contribution >= 4 is 11.9 Å². The quantitative estimate of drug-likeness (QED) is 0.304. The van der Waals surface area contributed by atoms with Crippen molar-refractivity contribution in [1.29, 1.82) is 0 Å². The summed E-state index contributed by atoms with van der Waals surface area (Å²) in [6.07, 6.45) is 3.73. The van der Waals surface area contributed by atoms with Gasteiger partial charge in [0.1, 0.15) is 6.61 Å². The van der Waals surface area contributed by atoms with Gasteiger partial charge in [0.15, 0.2) is 5.96 Å². The lowest BCUT2D eigenvalue weighted by Gasteiger charge is -2.13. The van der Waals surface area contributed by atoms with Crippen LogP contribution in [0.1, 0.15) is 25.3 Å². The average molecular weight is 363 g/mol. The SMILES string of the molecule is CCNC(=NCc1cccnc1OCCOC)NCCNC(=O)C1CC1. The number of carbonyl (C=O) groups excluding carboxylic acids is 1. The van der Waals surface area contributed by atoms with Gasteiger partial charge in [-0.3, -0.25) is 4.79 Å². The topological polar surface area (TPSA) is 96.9 Å². The Bertz CT molecular complexity index is 590. The van der Waals surface area contributed by atoms with E-state index in [1.165, 1.54) is 0 Å². The van der Waals surface area contributed by atoms with E-state index in [9.17, 15) is 4.79 Å². The van der Waals surface area contributed by atoms with Crippen LogP contribution in [0, 0.1) is 5.92 Å². The summed E-state index contributed by atoms with van der Waals surface area (Å²) >= 11 is 0. The molecular weight excluding hydrogens is 334 g/mol. The summed E-state index contributed by atoms with van der Waals surface area (Å²) in [5, 5.41) is 9.34. The molecule has 1 heterocycles. The van der Waals surface area contributed by atoms with Gasteiger partial charge < -0.3 is 25.4 Å². The van der Waals surface area contributed by atoms with Crippen LogP contribution >= 0.6 is 0 Å². The molecule has 1 aliphatic carbocycles. The molecule has 1 amide bonds. The maximum absolute atomic E-state index is 11.6. The van der Waals surface area contributed by atoms with Crippen LogP contribution in [0.2, 0.25) is 0 Å². The second kappa shape index (κ2) is 11.3. The number of nitrogens with zero attached hydrogens (tertiary/aromatic N) is 2. The summed E-state index contributed by atoms with van der Waals surface area (Å²) in [4.78, 5) is 20.4. The Labute approximate surface area is 154 Å². The predicted octanol–water partition coefficient (Wildman–Crippen LogP) is 0.688. The first kappa shape index (κ1) is 20.0. The third-order valence-electron chi connectivity index (χ3n) is 3.79. The Kier molecular flexibility index (Phi) is 8.68. The number of aromatic nitrogens is 1. The molecule has 0 radical (unpaired) electrons. The monoisotopic (exact) mass is 363 g/mol. The number of aliphatic imine (C=N–C) groups is 1. The van der Waals surface area contributed by atoms with E-state index in [4.69, 9.17) is 9.47 Å². The van der Waals surface area contributed by atoms with E-state index in [0.29, 0.717) is 44.7 Å². The van der Waals surface area contributed by atoms with E-state index < -0.39 is 0 Å². The van der Waals surface area contributed by atoms with Gasteiger partial charge in [-0.2, -0.15) is 0 Å². The van der Waals surface area contributed by atoms with Gasteiger partial charge in [-0.25, -0.2) is 9.98 Å². The molecule has 0 spiro atoms. The molecule has 1 aromatic heterocycles. The van der Waals surface area contributed by atoms with Crippen LogP contribution in [0.5, 0.6) is 5.88 Å². The van der Waals surface area contributed by atoms with Crippen LogP contribution < -0.4 is 20.7 Å². The van der Waals surface area contributed by atoms with Crippen LogP contribution in [0.4, 0.5) is 0 Å². The standard InChI is InChI=1S/C18H29N5O3/c1-3-19-18(22-10-9-20-16(24)14-6-7-14)23-13-15-5-4-8-21-17(15)26-12-11-25-2/h4-5,8,14H,3,6-7,9-13H2,1-2H3,(H,20,24)(H2,19,22,23). The molecular formula is C18H29N5O3. The number of rotatable bonds is 11. The van der Waals surface area contributed by atoms with Gasteiger partial charge in [0, 0.05) is 44.4 Å². The van der Waals surface area contributed by atoms with Gasteiger partial charge in [-0.05, 0) is 25.8 Å². The summed E-state index contributed by atoms with van der Waals surface area (Å²) in [5.74, 6) is 1.65. The normalized spacial score (nSPS) is 14.0. The zero-order valence-corrected chi connectivity index (χ0v) is 15.6. The number of nitrogens with one attached hydrogen (secondary N) is 3. The van der Waals surface area contributed by atoms with E-state index in [1.807, 2.05) is 19.1 Å². The highest BCUT2D eigenvalue weighted by Gasteiger charge is 2.28.